The number of anilines is 1. The zero-order valence-electron chi connectivity index (χ0n) is 8.29. The Labute approximate surface area is 94.0 Å². The number of sulfonamides is 1. The van der Waals surface area contributed by atoms with Crippen molar-refractivity contribution in [3.05, 3.63) is 54.7 Å². The molecule has 1 radical (unpaired) electrons. The summed E-state index contributed by atoms with van der Waals surface area (Å²) in [6, 6.07) is 14.0. The van der Waals surface area contributed by atoms with Crippen molar-refractivity contribution in [2.75, 3.05) is 4.72 Å². The first kappa shape index (κ1) is 10.6. The summed E-state index contributed by atoms with van der Waals surface area (Å²) in [5.74, 6) is 0.256. The fourth-order valence-corrected chi connectivity index (χ4v) is 2.20. The van der Waals surface area contributed by atoms with Crippen molar-refractivity contribution in [3.63, 3.8) is 0 Å². The molecule has 1 aromatic carbocycles. The van der Waals surface area contributed by atoms with Crippen molar-refractivity contribution in [3.8, 4) is 0 Å². The van der Waals surface area contributed by atoms with Crippen LogP contribution < -0.4 is 4.72 Å². The number of benzene rings is 1. The molecule has 4 nitrogen and oxygen atoms in total. The lowest BCUT2D eigenvalue weighted by atomic mass is 10.4. The molecule has 0 aliphatic carbocycles. The van der Waals surface area contributed by atoms with Crippen LogP contribution in [0.15, 0.2) is 53.6 Å². The van der Waals surface area contributed by atoms with Crippen molar-refractivity contribution in [1.29, 1.82) is 0 Å². The van der Waals surface area contributed by atoms with Gasteiger partial charge in [-0.15, -0.1) is 0 Å². The molecule has 0 bridgehead atoms. The van der Waals surface area contributed by atoms with Gasteiger partial charge in [-0.25, -0.2) is 13.4 Å². The molecule has 0 saturated heterocycles. The molecular formula is C11H9N2O2S. The fourth-order valence-electron chi connectivity index (χ4n) is 1.18. The molecule has 0 spiro atoms. The van der Waals surface area contributed by atoms with Gasteiger partial charge >= 0.3 is 0 Å². The quantitative estimate of drug-likeness (QED) is 0.877. The summed E-state index contributed by atoms with van der Waals surface area (Å²) in [5.41, 5.74) is 0. The van der Waals surface area contributed by atoms with E-state index in [1.165, 1.54) is 24.4 Å². The van der Waals surface area contributed by atoms with E-state index in [0.29, 0.717) is 0 Å². The van der Waals surface area contributed by atoms with Crippen LogP contribution in [0.25, 0.3) is 0 Å². The Balaban J connectivity index is 2.29. The summed E-state index contributed by atoms with van der Waals surface area (Å²) >= 11 is 0. The van der Waals surface area contributed by atoms with Gasteiger partial charge in [0.1, 0.15) is 5.82 Å². The summed E-state index contributed by atoms with van der Waals surface area (Å²) in [5, 5.41) is 0. The number of aromatic nitrogens is 1. The van der Waals surface area contributed by atoms with E-state index in [9.17, 15) is 8.42 Å². The van der Waals surface area contributed by atoms with E-state index in [1.54, 1.807) is 24.3 Å². The summed E-state index contributed by atoms with van der Waals surface area (Å²) in [4.78, 5) is 4.08. The predicted molar refractivity (Wildman–Crippen MR) is 60.3 cm³/mol. The topological polar surface area (TPSA) is 59.1 Å². The molecule has 5 heteroatoms. The van der Waals surface area contributed by atoms with Gasteiger partial charge in [-0.1, -0.05) is 18.2 Å². The summed E-state index contributed by atoms with van der Waals surface area (Å²) in [7, 11) is -3.55. The van der Waals surface area contributed by atoms with Gasteiger partial charge in [0.05, 0.1) is 4.90 Å². The first-order chi connectivity index (χ1) is 7.68. The van der Waals surface area contributed by atoms with Gasteiger partial charge in [-0.05, 0) is 30.3 Å². The van der Waals surface area contributed by atoms with Crippen LogP contribution in [0.4, 0.5) is 5.82 Å². The number of hydrogen-bond acceptors (Lipinski definition) is 3. The van der Waals surface area contributed by atoms with Gasteiger partial charge < -0.3 is 0 Å². The highest BCUT2D eigenvalue weighted by molar-refractivity contribution is 7.92. The highest BCUT2D eigenvalue weighted by Crippen LogP contribution is 2.12. The molecule has 16 heavy (non-hydrogen) atoms. The van der Waals surface area contributed by atoms with E-state index in [1.807, 2.05) is 0 Å². The molecule has 1 N–H and O–H groups in total. The zero-order valence-corrected chi connectivity index (χ0v) is 9.11. The van der Waals surface area contributed by atoms with Crippen molar-refractivity contribution in [2.45, 2.75) is 4.90 Å². The summed E-state index contributed by atoms with van der Waals surface area (Å²) in [6.07, 6.45) is 1.48. The predicted octanol–water partition coefficient (Wildman–Crippen LogP) is 1.68. The number of rotatable bonds is 3. The van der Waals surface area contributed by atoms with Crippen molar-refractivity contribution < 1.29 is 8.42 Å². The lowest BCUT2D eigenvalue weighted by Gasteiger charge is -2.06. The Morgan fingerprint density at radius 2 is 1.94 bits per heavy atom. The zero-order chi connectivity index (χ0) is 11.4. The lowest BCUT2D eigenvalue weighted by Crippen LogP contribution is -2.13. The average molecular weight is 233 g/mol. The average Bonchev–Trinajstić information content (AvgIpc) is 2.31. The maximum Gasteiger partial charge on any atom is 0.263 e. The third-order valence-corrected chi connectivity index (χ3v) is 3.27. The molecule has 0 saturated carbocycles. The fraction of sp³-hybridized carbons (Fsp3) is 0. The van der Waals surface area contributed by atoms with E-state index in [2.05, 4.69) is 15.8 Å². The third kappa shape index (κ3) is 2.38. The SMILES string of the molecule is O=S(=O)(Nc1c[c]ccn1)c1ccccc1. The Bertz CT molecular complexity index is 553. The van der Waals surface area contributed by atoms with Gasteiger partial charge in [0.15, 0.2) is 0 Å². The molecule has 0 atom stereocenters. The van der Waals surface area contributed by atoms with E-state index in [-0.39, 0.29) is 10.7 Å². The normalized spacial score (nSPS) is 11.0. The van der Waals surface area contributed by atoms with Gasteiger partial charge in [0, 0.05) is 6.20 Å². The monoisotopic (exact) mass is 233 g/mol. The molecule has 2 rings (SSSR count). The first-order valence-electron chi connectivity index (χ1n) is 4.58. The van der Waals surface area contributed by atoms with Crippen LogP contribution >= 0.6 is 0 Å². The Hall–Kier alpha value is -1.88. The molecule has 0 fully saturated rings. The van der Waals surface area contributed by atoms with E-state index < -0.39 is 10.0 Å². The van der Waals surface area contributed by atoms with Gasteiger partial charge in [0.2, 0.25) is 0 Å². The molecule has 81 valence electrons. The molecule has 0 unspecified atom stereocenters. The maximum absolute atomic E-state index is 11.8. The van der Waals surface area contributed by atoms with Gasteiger partial charge in [-0.2, -0.15) is 0 Å². The smallest absolute Gasteiger partial charge is 0.263 e. The standard InChI is InChI=1S/C11H9N2O2S/c14-16(15,10-6-2-1-3-7-10)13-11-8-4-5-9-12-11/h1-3,5-9H,(H,12,13). The minimum atomic E-state index is -3.55. The molecular weight excluding hydrogens is 224 g/mol. The summed E-state index contributed by atoms with van der Waals surface area (Å²) in [6.45, 7) is 0. The van der Waals surface area contributed by atoms with E-state index in [0.717, 1.165) is 0 Å². The van der Waals surface area contributed by atoms with Crippen LogP contribution in [0.3, 0.4) is 0 Å². The molecule has 0 amide bonds. The van der Waals surface area contributed by atoms with Crippen LogP contribution in [0.1, 0.15) is 0 Å². The molecule has 1 heterocycles. The minimum Gasteiger partial charge on any atom is -0.263 e. The van der Waals surface area contributed by atoms with Gasteiger partial charge in [-0.3, -0.25) is 4.72 Å². The van der Waals surface area contributed by atoms with Crippen LogP contribution in [0, 0.1) is 6.07 Å². The maximum atomic E-state index is 11.8. The van der Waals surface area contributed by atoms with Crippen LogP contribution in [-0.2, 0) is 10.0 Å². The number of pyridine rings is 1. The number of nitrogens with zero attached hydrogens (tertiary/aromatic N) is 1. The number of hydrogen-bond donors (Lipinski definition) is 1. The Morgan fingerprint density at radius 3 is 2.56 bits per heavy atom. The van der Waals surface area contributed by atoms with Crippen LogP contribution in [-0.4, -0.2) is 13.4 Å². The van der Waals surface area contributed by atoms with E-state index in [4.69, 9.17) is 0 Å². The third-order valence-electron chi connectivity index (χ3n) is 1.90. The van der Waals surface area contributed by atoms with Crippen molar-refractivity contribution in [2.24, 2.45) is 0 Å². The molecule has 1 aromatic heterocycles. The highest BCUT2D eigenvalue weighted by atomic mass is 32.2. The molecule has 0 aliphatic rings. The second kappa shape index (κ2) is 4.32. The molecule has 0 aliphatic heterocycles. The van der Waals surface area contributed by atoms with Crippen molar-refractivity contribution >= 4 is 15.8 Å². The first-order valence-corrected chi connectivity index (χ1v) is 6.07. The summed E-state index contributed by atoms with van der Waals surface area (Å²) < 4.78 is 26.0. The Morgan fingerprint density at radius 1 is 1.19 bits per heavy atom. The van der Waals surface area contributed by atoms with E-state index >= 15 is 0 Å². The number of nitrogens with one attached hydrogen (secondary N) is 1. The molecule has 2 aromatic rings. The largest absolute Gasteiger partial charge is 0.263 e. The second-order valence-electron chi connectivity index (χ2n) is 3.06. The lowest BCUT2D eigenvalue weighted by molar-refractivity contribution is 0.601. The highest BCUT2D eigenvalue weighted by Gasteiger charge is 2.13. The van der Waals surface area contributed by atoms with Crippen molar-refractivity contribution in [1.82, 2.24) is 4.98 Å². The van der Waals surface area contributed by atoms with Crippen LogP contribution in [0.2, 0.25) is 0 Å². The van der Waals surface area contributed by atoms with Crippen LogP contribution in [0.5, 0.6) is 0 Å². The second-order valence-corrected chi connectivity index (χ2v) is 4.74. The Kier molecular flexibility index (Phi) is 2.87. The van der Waals surface area contributed by atoms with Gasteiger partial charge in [0.25, 0.3) is 10.0 Å². The minimum absolute atomic E-state index is 0.209.